The molecule has 1 aromatic carbocycles. The van der Waals surface area contributed by atoms with Crippen molar-refractivity contribution in [2.75, 3.05) is 31.1 Å². The lowest BCUT2D eigenvalue weighted by atomic mass is 10.1. The Labute approximate surface area is 146 Å². The highest BCUT2D eigenvalue weighted by Gasteiger charge is 2.34. The largest absolute Gasteiger partial charge is 0.444 e. The van der Waals surface area contributed by atoms with Gasteiger partial charge in [0.1, 0.15) is 5.60 Å². The number of fused-ring (bicyclic) bond motifs is 3. The third-order valence-corrected chi connectivity index (χ3v) is 4.29. The first-order valence-electron chi connectivity index (χ1n) is 8.34. The monoisotopic (exact) mass is 349 g/mol. The normalized spacial score (nSPS) is 20.4. The maximum Gasteiger partial charge on any atom is 0.410 e. The molecule has 0 N–H and O–H groups in total. The van der Waals surface area contributed by atoms with Gasteiger partial charge in [0, 0.05) is 43.0 Å². The molecule has 1 saturated heterocycles. The lowest BCUT2D eigenvalue weighted by Crippen LogP contribution is -2.56. The van der Waals surface area contributed by atoms with Gasteiger partial charge in [0.25, 0.3) is 5.69 Å². The predicted octanol–water partition coefficient (Wildman–Crippen LogP) is 2.55. The molecule has 1 atom stereocenters. The van der Waals surface area contributed by atoms with Crippen LogP contribution in [0, 0.1) is 10.1 Å². The quantitative estimate of drug-likeness (QED) is 0.572. The number of anilines is 1. The van der Waals surface area contributed by atoms with E-state index in [1.807, 2.05) is 20.8 Å². The number of rotatable bonds is 1. The second-order valence-corrected chi connectivity index (χ2v) is 7.36. The summed E-state index contributed by atoms with van der Waals surface area (Å²) in [5.41, 5.74) is 1.28. The van der Waals surface area contributed by atoms with Gasteiger partial charge in [0.2, 0.25) is 0 Å². The molecule has 1 fully saturated rings. The second-order valence-electron chi connectivity index (χ2n) is 7.36. The van der Waals surface area contributed by atoms with E-state index in [4.69, 9.17) is 9.47 Å². The summed E-state index contributed by atoms with van der Waals surface area (Å²) >= 11 is 0. The first kappa shape index (κ1) is 17.5. The van der Waals surface area contributed by atoms with Gasteiger partial charge in [0.15, 0.2) is 0 Å². The number of nitro benzene ring substituents is 1. The van der Waals surface area contributed by atoms with Crippen molar-refractivity contribution < 1.29 is 19.2 Å². The maximum atomic E-state index is 12.3. The van der Waals surface area contributed by atoms with Gasteiger partial charge >= 0.3 is 6.09 Å². The third kappa shape index (κ3) is 3.84. The van der Waals surface area contributed by atoms with E-state index < -0.39 is 10.5 Å². The molecular weight excluding hydrogens is 326 g/mol. The Morgan fingerprint density at radius 2 is 2.12 bits per heavy atom. The molecule has 0 spiro atoms. The third-order valence-electron chi connectivity index (χ3n) is 4.29. The van der Waals surface area contributed by atoms with E-state index in [0.29, 0.717) is 32.8 Å². The Hall–Kier alpha value is -2.35. The molecule has 8 heteroatoms. The molecule has 0 saturated carbocycles. The van der Waals surface area contributed by atoms with Crippen LogP contribution in [0.4, 0.5) is 16.2 Å². The topological polar surface area (TPSA) is 85.2 Å². The molecule has 25 heavy (non-hydrogen) atoms. The maximum absolute atomic E-state index is 12.3. The average molecular weight is 349 g/mol. The number of carbonyl (C=O) groups is 1. The summed E-state index contributed by atoms with van der Waals surface area (Å²) in [7, 11) is 0. The lowest BCUT2D eigenvalue weighted by molar-refractivity contribution is -0.384. The van der Waals surface area contributed by atoms with Crippen LogP contribution in [0.5, 0.6) is 0 Å². The first-order valence-corrected chi connectivity index (χ1v) is 8.34. The number of hydrogen-bond donors (Lipinski definition) is 0. The van der Waals surface area contributed by atoms with Gasteiger partial charge in [0.05, 0.1) is 24.2 Å². The number of hydrogen-bond acceptors (Lipinski definition) is 6. The van der Waals surface area contributed by atoms with Crippen LogP contribution in [0.2, 0.25) is 0 Å². The number of nitro groups is 1. The molecule has 0 radical (unpaired) electrons. The standard InChI is InChI=1S/C17H23N3O5/c1-17(2,3)25-16(21)18-6-7-19-14(9-18)11-24-10-12-8-13(20(22)23)4-5-15(12)19/h4-5,8,14H,6-7,9-11H2,1-3H3/t14-/m0/s1. The predicted molar refractivity (Wildman–Crippen MR) is 91.7 cm³/mol. The smallest absolute Gasteiger partial charge is 0.410 e. The van der Waals surface area contributed by atoms with Gasteiger partial charge in [-0.25, -0.2) is 4.79 Å². The van der Waals surface area contributed by atoms with Crippen molar-refractivity contribution in [3.05, 3.63) is 33.9 Å². The van der Waals surface area contributed by atoms with Crippen LogP contribution in [0.1, 0.15) is 26.3 Å². The molecule has 3 rings (SSSR count). The molecular formula is C17H23N3O5. The van der Waals surface area contributed by atoms with Crippen molar-refractivity contribution in [2.45, 2.75) is 39.0 Å². The summed E-state index contributed by atoms with van der Waals surface area (Å²) in [4.78, 5) is 26.8. The van der Waals surface area contributed by atoms with E-state index >= 15 is 0 Å². The van der Waals surface area contributed by atoms with Gasteiger partial charge in [-0.3, -0.25) is 10.1 Å². The Morgan fingerprint density at radius 1 is 1.36 bits per heavy atom. The zero-order chi connectivity index (χ0) is 18.2. The van der Waals surface area contributed by atoms with Crippen molar-refractivity contribution in [1.82, 2.24) is 4.90 Å². The van der Waals surface area contributed by atoms with Crippen LogP contribution in [-0.2, 0) is 16.1 Å². The fraction of sp³-hybridized carbons (Fsp3) is 0.588. The molecule has 0 aliphatic carbocycles. The van der Waals surface area contributed by atoms with Crippen LogP contribution in [0.25, 0.3) is 0 Å². The number of piperazine rings is 1. The minimum atomic E-state index is -0.528. The number of carbonyl (C=O) groups excluding carboxylic acids is 1. The fourth-order valence-electron chi connectivity index (χ4n) is 3.19. The van der Waals surface area contributed by atoms with Gasteiger partial charge in [-0.1, -0.05) is 0 Å². The molecule has 2 aliphatic heterocycles. The zero-order valence-electron chi connectivity index (χ0n) is 14.7. The summed E-state index contributed by atoms with van der Waals surface area (Å²) < 4.78 is 11.2. The van der Waals surface area contributed by atoms with Crippen molar-refractivity contribution >= 4 is 17.5 Å². The van der Waals surface area contributed by atoms with E-state index in [1.165, 1.54) is 6.07 Å². The molecule has 0 unspecified atom stereocenters. The van der Waals surface area contributed by atoms with Crippen LogP contribution in [0.3, 0.4) is 0 Å². The second kappa shape index (κ2) is 6.51. The first-order chi connectivity index (χ1) is 11.7. The number of benzene rings is 1. The van der Waals surface area contributed by atoms with Gasteiger partial charge in [-0.05, 0) is 26.8 Å². The lowest BCUT2D eigenvalue weighted by Gasteiger charge is -2.42. The highest BCUT2D eigenvalue weighted by Crippen LogP contribution is 2.31. The van der Waals surface area contributed by atoms with Crippen LogP contribution in [-0.4, -0.2) is 53.8 Å². The van der Waals surface area contributed by atoms with Crippen molar-refractivity contribution in [1.29, 1.82) is 0 Å². The minimum Gasteiger partial charge on any atom is -0.444 e. The minimum absolute atomic E-state index is 0.00368. The zero-order valence-corrected chi connectivity index (χ0v) is 14.7. The SMILES string of the molecule is CC(C)(C)OC(=O)N1CCN2c3ccc([N+](=O)[O-])cc3COC[C@@H]2C1. The summed E-state index contributed by atoms with van der Waals surface area (Å²) in [6, 6.07) is 4.86. The van der Waals surface area contributed by atoms with Crippen LogP contribution >= 0.6 is 0 Å². The fourth-order valence-corrected chi connectivity index (χ4v) is 3.19. The average Bonchev–Trinajstić information content (AvgIpc) is 2.71. The summed E-state index contributed by atoms with van der Waals surface area (Å²) in [5, 5.41) is 11.0. The number of ether oxygens (including phenoxy) is 2. The Morgan fingerprint density at radius 3 is 2.80 bits per heavy atom. The van der Waals surface area contributed by atoms with Crippen LogP contribution < -0.4 is 4.90 Å². The number of non-ortho nitro benzene ring substituents is 1. The van der Waals surface area contributed by atoms with E-state index in [9.17, 15) is 14.9 Å². The van der Waals surface area contributed by atoms with Crippen molar-refractivity contribution in [3.63, 3.8) is 0 Å². The molecule has 0 bridgehead atoms. The molecule has 8 nitrogen and oxygen atoms in total. The highest BCUT2D eigenvalue weighted by atomic mass is 16.6. The van der Waals surface area contributed by atoms with Gasteiger partial charge in [-0.2, -0.15) is 0 Å². The van der Waals surface area contributed by atoms with E-state index in [0.717, 1.165) is 11.3 Å². The highest BCUT2D eigenvalue weighted by molar-refractivity contribution is 5.69. The number of amides is 1. The Kier molecular flexibility index (Phi) is 4.55. The molecule has 2 heterocycles. The van der Waals surface area contributed by atoms with E-state index in [1.54, 1.807) is 17.0 Å². The summed E-state index contributed by atoms with van der Waals surface area (Å²) in [6.07, 6.45) is -0.319. The molecule has 2 aliphatic rings. The van der Waals surface area contributed by atoms with Gasteiger partial charge in [-0.15, -0.1) is 0 Å². The Balaban J connectivity index is 1.77. The van der Waals surface area contributed by atoms with Crippen molar-refractivity contribution in [2.24, 2.45) is 0 Å². The molecule has 1 aromatic rings. The molecule has 136 valence electrons. The van der Waals surface area contributed by atoms with E-state index in [-0.39, 0.29) is 17.8 Å². The number of nitrogens with zero attached hydrogens (tertiary/aromatic N) is 3. The molecule has 0 aromatic heterocycles. The Bertz CT molecular complexity index is 685. The van der Waals surface area contributed by atoms with Crippen molar-refractivity contribution in [3.8, 4) is 0 Å². The molecule has 1 amide bonds. The van der Waals surface area contributed by atoms with Crippen LogP contribution in [0.15, 0.2) is 18.2 Å². The van der Waals surface area contributed by atoms with E-state index in [2.05, 4.69) is 4.90 Å². The summed E-state index contributed by atoms with van der Waals surface area (Å²) in [6.45, 7) is 8.01. The van der Waals surface area contributed by atoms with Gasteiger partial charge < -0.3 is 19.3 Å². The summed E-state index contributed by atoms with van der Waals surface area (Å²) in [5.74, 6) is 0.